The average molecular weight is 271 g/mol. The van der Waals surface area contributed by atoms with Gasteiger partial charge in [0.05, 0.1) is 0 Å². The van der Waals surface area contributed by atoms with Crippen LogP contribution in [0.2, 0.25) is 0 Å². The highest BCUT2D eigenvalue weighted by atomic mass is 32.1. The summed E-state index contributed by atoms with van der Waals surface area (Å²) in [5, 5.41) is 0. The normalized spacial score (nSPS) is 25.7. The molecule has 108 valence electrons. The second-order valence-electron chi connectivity index (χ2n) is 6.59. The highest BCUT2D eigenvalue weighted by Gasteiger charge is 2.17. The molecule has 1 rings (SSSR count). The Kier molecular flexibility index (Phi) is 9.27. The zero-order valence-corrected chi connectivity index (χ0v) is 13.4. The Morgan fingerprint density at radius 3 is 1.00 bits per heavy atom. The molecule has 0 unspecified atom stereocenters. The smallest absolute Gasteiger partial charge is 0.0101 e. The summed E-state index contributed by atoms with van der Waals surface area (Å²) < 4.78 is 0.303. The van der Waals surface area contributed by atoms with E-state index in [1.165, 1.54) is 96.3 Å². The molecule has 0 radical (unpaired) electrons. The average Bonchev–Trinajstić information content (AvgIpc) is 2.32. The molecule has 0 saturated heterocycles. The van der Waals surface area contributed by atoms with E-state index < -0.39 is 0 Å². The van der Waals surface area contributed by atoms with Crippen molar-refractivity contribution in [3.8, 4) is 0 Å². The molecule has 1 heteroatoms. The van der Waals surface area contributed by atoms with Gasteiger partial charge >= 0.3 is 0 Å². The van der Waals surface area contributed by atoms with E-state index in [0.29, 0.717) is 4.75 Å². The number of thiol groups is 1. The van der Waals surface area contributed by atoms with E-state index in [2.05, 4.69) is 6.92 Å². The van der Waals surface area contributed by atoms with Gasteiger partial charge in [-0.15, -0.1) is 0 Å². The summed E-state index contributed by atoms with van der Waals surface area (Å²) in [7, 11) is 0. The topological polar surface area (TPSA) is 0 Å². The standard InChI is InChI=1S/C17H34S/c1-17(18)15-13-11-9-7-5-3-2-4-6-8-10-12-14-16-17/h18H,2-16H2,1H3. The predicted molar refractivity (Wildman–Crippen MR) is 86.6 cm³/mol. The monoisotopic (exact) mass is 270 g/mol. The van der Waals surface area contributed by atoms with Crippen LogP contribution in [0, 0.1) is 0 Å². The summed E-state index contributed by atoms with van der Waals surface area (Å²) in [6, 6.07) is 0. The fourth-order valence-electron chi connectivity index (χ4n) is 3.08. The lowest BCUT2D eigenvalue weighted by Crippen LogP contribution is -2.16. The maximum Gasteiger partial charge on any atom is 0.0101 e. The molecule has 0 atom stereocenters. The molecule has 0 aromatic heterocycles. The molecular formula is C17H34S. The van der Waals surface area contributed by atoms with Crippen molar-refractivity contribution in [2.45, 2.75) is 108 Å². The van der Waals surface area contributed by atoms with Gasteiger partial charge in [-0.2, -0.15) is 12.6 Å². The van der Waals surface area contributed by atoms with Gasteiger partial charge in [0, 0.05) is 4.75 Å². The van der Waals surface area contributed by atoms with Crippen molar-refractivity contribution in [3.63, 3.8) is 0 Å². The van der Waals surface area contributed by atoms with Crippen molar-refractivity contribution in [1.29, 1.82) is 0 Å². The van der Waals surface area contributed by atoms with Gasteiger partial charge in [-0.1, -0.05) is 90.4 Å². The SMILES string of the molecule is CC1(S)CCCCCCCCCCCCCCC1. The van der Waals surface area contributed by atoms with Gasteiger partial charge in [0.1, 0.15) is 0 Å². The quantitative estimate of drug-likeness (QED) is 0.475. The fraction of sp³-hybridized carbons (Fsp3) is 1.00. The second-order valence-corrected chi connectivity index (χ2v) is 7.67. The molecule has 0 aromatic carbocycles. The Balaban J connectivity index is 2.20. The van der Waals surface area contributed by atoms with E-state index in [4.69, 9.17) is 12.6 Å². The summed E-state index contributed by atoms with van der Waals surface area (Å²) in [5.41, 5.74) is 0. The summed E-state index contributed by atoms with van der Waals surface area (Å²) in [6.07, 6.45) is 21.5. The van der Waals surface area contributed by atoms with Gasteiger partial charge in [0.2, 0.25) is 0 Å². The van der Waals surface area contributed by atoms with Crippen molar-refractivity contribution < 1.29 is 0 Å². The molecule has 1 fully saturated rings. The predicted octanol–water partition coefficient (Wildman–Crippen LogP) is 6.54. The van der Waals surface area contributed by atoms with Crippen molar-refractivity contribution in [2.75, 3.05) is 0 Å². The Hall–Kier alpha value is 0.350. The molecule has 0 nitrogen and oxygen atoms in total. The first-order chi connectivity index (χ1) is 8.71. The van der Waals surface area contributed by atoms with Gasteiger partial charge in [0.25, 0.3) is 0 Å². The van der Waals surface area contributed by atoms with Crippen LogP contribution in [0.3, 0.4) is 0 Å². The van der Waals surface area contributed by atoms with Crippen LogP contribution in [0.5, 0.6) is 0 Å². The molecule has 0 aliphatic heterocycles. The van der Waals surface area contributed by atoms with E-state index in [1.807, 2.05) is 0 Å². The van der Waals surface area contributed by atoms with Crippen molar-refractivity contribution in [2.24, 2.45) is 0 Å². The van der Waals surface area contributed by atoms with Gasteiger partial charge in [0.15, 0.2) is 0 Å². The van der Waals surface area contributed by atoms with Crippen LogP contribution in [0.15, 0.2) is 0 Å². The number of rotatable bonds is 0. The van der Waals surface area contributed by atoms with Crippen molar-refractivity contribution in [3.05, 3.63) is 0 Å². The van der Waals surface area contributed by atoms with Crippen molar-refractivity contribution in [1.82, 2.24) is 0 Å². The molecule has 0 bridgehead atoms. The highest BCUT2D eigenvalue weighted by Crippen LogP contribution is 2.29. The van der Waals surface area contributed by atoms with E-state index in [-0.39, 0.29) is 0 Å². The zero-order chi connectivity index (χ0) is 13.1. The van der Waals surface area contributed by atoms with Crippen molar-refractivity contribution >= 4 is 12.6 Å². The van der Waals surface area contributed by atoms with Crippen LogP contribution in [-0.4, -0.2) is 4.75 Å². The molecule has 0 spiro atoms. The van der Waals surface area contributed by atoms with E-state index >= 15 is 0 Å². The summed E-state index contributed by atoms with van der Waals surface area (Å²) in [6.45, 7) is 2.35. The first-order valence-electron chi connectivity index (χ1n) is 8.43. The third kappa shape index (κ3) is 9.30. The van der Waals surface area contributed by atoms with Gasteiger partial charge in [-0.05, 0) is 12.8 Å². The van der Waals surface area contributed by atoms with E-state index in [9.17, 15) is 0 Å². The minimum atomic E-state index is 0.303. The Bertz CT molecular complexity index is 168. The van der Waals surface area contributed by atoms with Crippen LogP contribution in [0.4, 0.5) is 0 Å². The third-order valence-corrected chi connectivity index (χ3v) is 4.88. The largest absolute Gasteiger partial charge is 0.173 e. The minimum absolute atomic E-state index is 0.303. The first-order valence-corrected chi connectivity index (χ1v) is 8.88. The molecule has 0 aromatic rings. The van der Waals surface area contributed by atoms with Crippen LogP contribution in [0.25, 0.3) is 0 Å². The summed E-state index contributed by atoms with van der Waals surface area (Å²) in [4.78, 5) is 0. The number of hydrogen-bond donors (Lipinski definition) is 1. The molecule has 0 heterocycles. The lowest BCUT2D eigenvalue weighted by atomic mass is 9.94. The van der Waals surface area contributed by atoms with E-state index in [0.717, 1.165) is 0 Å². The maximum atomic E-state index is 4.87. The molecule has 1 aliphatic carbocycles. The Morgan fingerprint density at radius 2 is 0.722 bits per heavy atom. The van der Waals surface area contributed by atoms with Crippen LogP contribution in [0.1, 0.15) is 103 Å². The summed E-state index contributed by atoms with van der Waals surface area (Å²) >= 11 is 4.87. The Morgan fingerprint density at radius 1 is 0.500 bits per heavy atom. The molecule has 0 N–H and O–H groups in total. The number of hydrogen-bond acceptors (Lipinski definition) is 1. The fourth-order valence-corrected chi connectivity index (χ4v) is 3.40. The lowest BCUT2D eigenvalue weighted by Gasteiger charge is -2.23. The Labute approximate surface area is 121 Å². The molecule has 18 heavy (non-hydrogen) atoms. The zero-order valence-electron chi connectivity index (χ0n) is 12.6. The van der Waals surface area contributed by atoms with Crippen LogP contribution >= 0.6 is 12.6 Å². The minimum Gasteiger partial charge on any atom is -0.173 e. The molecule has 1 aliphatic rings. The highest BCUT2D eigenvalue weighted by molar-refractivity contribution is 7.81. The first kappa shape index (κ1) is 16.4. The van der Waals surface area contributed by atoms with Gasteiger partial charge in [-0.3, -0.25) is 0 Å². The van der Waals surface area contributed by atoms with Gasteiger partial charge < -0.3 is 0 Å². The van der Waals surface area contributed by atoms with E-state index in [1.54, 1.807) is 0 Å². The maximum absolute atomic E-state index is 4.87. The molecular weight excluding hydrogens is 236 g/mol. The lowest BCUT2D eigenvalue weighted by molar-refractivity contribution is 0.459. The summed E-state index contributed by atoms with van der Waals surface area (Å²) in [5.74, 6) is 0. The third-order valence-electron chi connectivity index (χ3n) is 4.43. The van der Waals surface area contributed by atoms with Crippen LogP contribution in [-0.2, 0) is 0 Å². The molecule has 1 saturated carbocycles. The molecule has 0 amide bonds. The van der Waals surface area contributed by atoms with Gasteiger partial charge in [-0.25, -0.2) is 0 Å². The van der Waals surface area contributed by atoms with Crippen LogP contribution < -0.4 is 0 Å². The second kappa shape index (κ2) is 10.2.